The molecule has 91 heavy (non-hydrogen) atoms. The summed E-state index contributed by atoms with van der Waals surface area (Å²) in [7, 11) is 5.64. The molecule has 6 N–H and O–H groups in total. The van der Waals surface area contributed by atoms with Gasteiger partial charge in [-0.2, -0.15) is 18.2 Å². The molecule has 2 bridgehead atoms. The van der Waals surface area contributed by atoms with Crippen molar-refractivity contribution in [1.82, 2.24) is 24.7 Å². The molecule has 4 fully saturated rings. The van der Waals surface area contributed by atoms with Crippen LogP contribution in [0.1, 0.15) is 134 Å². The van der Waals surface area contributed by atoms with Crippen LogP contribution in [0.5, 0.6) is 5.75 Å². The number of methoxy groups -OCH3 is 4. The minimum Gasteiger partial charge on any atom is -0.495 e. The minimum atomic E-state index is -4.74. The lowest BCUT2D eigenvalue weighted by Crippen LogP contribution is -2.64. The van der Waals surface area contributed by atoms with Crippen molar-refractivity contribution in [1.29, 1.82) is 0 Å². The SMILES string of the molecule is CCNc1nc(Nc2cc(F)c(C(=O)N3CCN(C(=O)CCC[C@@H]4/C=C(\C)C[C@H](OC)C[C@H](OC)[C@H]5O[C@@](O)(C(=O)C(=O)N6CCCC[C@H]6C(=O)O[C@H](/C(C)=C/[C@@H]6CC[C@@H](O)[C@H](CO)C6)[C@H](C)[C@@H](O)CC4=O)[C@H](C)C[C@@H]5OC)CC3)cc2OC)ncc1C(F)(F)F. The monoisotopic (exact) mass is 1290 g/mol. The second kappa shape index (κ2) is 32.1. The second-order valence-electron chi connectivity index (χ2n) is 24.9. The number of nitrogens with one attached hydrogen (secondary N) is 2. The normalized spacial score (nSPS) is 31.2. The molecule has 5 aliphatic rings. The number of aliphatic hydroxyl groups is 4. The lowest BCUT2D eigenvalue weighted by molar-refractivity contribution is -0.303. The smallest absolute Gasteiger partial charge is 0.421 e. The number of esters is 1. The zero-order chi connectivity index (χ0) is 66.6. The van der Waals surface area contributed by atoms with Crippen molar-refractivity contribution in [2.24, 2.45) is 29.6 Å². The molecule has 0 spiro atoms. The van der Waals surface area contributed by atoms with Gasteiger partial charge in [0.15, 0.2) is 0 Å². The van der Waals surface area contributed by atoms with E-state index in [2.05, 4.69) is 20.6 Å². The van der Waals surface area contributed by atoms with E-state index in [-0.39, 0.29) is 131 Å². The first kappa shape index (κ1) is 72.2. The third kappa shape index (κ3) is 17.5. The highest BCUT2D eigenvalue weighted by Gasteiger charge is 2.57. The predicted octanol–water partition coefficient (Wildman–Crippen LogP) is 6.32. The van der Waals surface area contributed by atoms with Crippen LogP contribution in [0.15, 0.2) is 41.6 Å². The van der Waals surface area contributed by atoms with Gasteiger partial charge in [-0.05, 0) is 103 Å². The lowest BCUT2D eigenvalue weighted by Gasteiger charge is -2.47. The molecule has 3 amide bonds. The summed E-state index contributed by atoms with van der Waals surface area (Å²) in [6.07, 6.45) is -4.24. The van der Waals surface area contributed by atoms with E-state index in [0.29, 0.717) is 49.4 Å². The van der Waals surface area contributed by atoms with Gasteiger partial charge in [0.05, 0.1) is 48.9 Å². The third-order valence-electron chi connectivity index (χ3n) is 18.7. The topological polar surface area (TPSA) is 298 Å². The van der Waals surface area contributed by atoms with Crippen LogP contribution in [0.2, 0.25) is 0 Å². The van der Waals surface area contributed by atoms with Crippen molar-refractivity contribution < 1.29 is 95.2 Å². The fourth-order valence-electron chi connectivity index (χ4n) is 13.2. The summed E-state index contributed by atoms with van der Waals surface area (Å²) in [5, 5.41) is 50.3. The number of fused-ring (bicyclic) bond motifs is 3. The Kier molecular flexibility index (Phi) is 25.5. The first-order valence-electron chi connectivity index (χ1n) is 31.5. The molecule has 0 unspecified atom stereocenters. The van der Waals surface area contributed by atoms with Crippen molar-refractivity contribution in [3.8, 4) is 5.75 Å². The van der Waals surface area contributed by atoms with Crippen molar-refractivity contribution in [2.75, 3.05) is 84.9 Å². The number of nitrogens with zero attached hydrogens (tertiary/aromatic N) is 5. The lowest BCUT2D eigenvalue weighted by atomic mass is 9.78. The number of ether oxygens (including phenoxy) is 6. The van der Waals surface area contributed by atoms with Crippen molar-refractivity contribution in [3.63, 3.8) is 0 Å². The summed E-state index contributed by atoms with van der Waals surface area (Å²) in [5.41, 5.74) is -0.294. The van der Waals surface area contributed by atoms with Gasteiger partial charge in [0.2, 0.25) is 17.6 Å². The number of rotatable bonds is 16. The number of ketones is 2. The molecule has 4 aliphatic heterocycles. The molecular formula is C64H91F4N7O16. The van der Waals surface area contributed by atoms with Crippen LogP contribution in [0.4, 0.5) is 35.0 Å². The largest absolute Gasteiger partial charge is 0.495 e. The molecule has 5 heterocycles. The van der Waals surface area contributed by atoms with Gasteiger partial charge in [-0.15, -0.1) is 0 Å². The summed E-state index contributed by atoms with van der Waals surface area (Å²) in [6, 6.07) is 0.823. The number of carbonyl (C=O) groups excluding carboxylic acids is 6. The van der Waals surface area contributed by atoms with Gasteiger partial charge in [-0.25, -0.2) is 14.2 Å². The van der Waals surface area contributed by atoms with Gasteiger partial charge in [0, 0.05) is 122 Å². The molecule has 1 aromatic carbocycles. The Morgan fingerprint density at radius 2 is 1.59 bits per heavy atom. The Balaban J connectivity index is 1.10. The molecule has 14 atom stereocenters. The third-order valence-corrected chi connectivity index (χ3v) is 18.7. The fraction of sp³-hybridized carbons (Fsp3) is 0.688. The Labute approximate surface area is 528 Å². The van der Waals surface area contributed by atoms with Gasteiger partial charge in [0.25, 0.3) is 17.6 Å². The van der Waals surface area contributed by atoms with Gasteiger partial charge < -0.3 is 74.2 Å². The van der Waals surface area contributed by atoms with E-state index in [4.69, 9.17) is 28.4 Å². The van der Waals surface area contributed by atoms with Crippen LogP contribution >= 0.6 is 0 Å². The molecule has 27 heteroatoms. The van der Waals surface area contributed by atoms with E-state index in [1.165, 1.54) is 33.3 Å². The molecule has 3 saturated heterocycles. The highest BCUT2D eigenvalue weighted by molar-refractivity contribution is 6.39. The van der Waals surface area contributed by atoms with E-state index in [0.717, 1.165) is 17.0 Å². The number of alkyl halides is 3. The zero-order valence-electron chi connectivity index (χ0n) is 53.5. The molecule has 1 aromatic heterocycles. The van der Waals surface area contributed by atoms with Crippen molar-refractivity contribution in [2.45, 2.75) is 179 Å². The molecule has 2 aromatic rings. The van der Waals surface area contributed by atoms with Crippen LogP contribution in [0.25, 0.3) is 0 Å². The van der Waals surface area contributed by atoms with Crippen molar-refractivity contribution >= 4 is 52.7 Å². The number of allylic oxidation sites excluding steroid dienone is 2. The number of piperazine rings is 1. The molecule has 23 nitrogen and oxygen atoms in total. The van der Waals surface area contributed by atoms with Crippen LogP contribution in [0.3, 0.4) is 0 Å². The Morgan fingerprint density at radius 1 is 0.901 bits per heavy atom. The number of aliphatic hydroxyl groups excluding tert-OH is 3. The molecule has 506 valence electrons. The van der Waals surface area contributed by atoms with Gasteiger partial charge in [-0.1, -0.05) is 31.6 Å². The standard InChI is InChI=1S/C64H91F4N7O16/c1-10-69-58-44(64(66,67)68)33-70-62(72-58)71-46-31-45(65)43(30-51(46)87-7)59(82)74-22-20-73(21-23-74)54(80)16-13-14-40-24-35(2)25-42(86-6)29-53(89-9)56-52(88-8)27-37(4)63(85,91-56)57(81)60(83)75-19-12-11-15-47(75)61(84)90-55(38(5)49(78)32-50(40)79)36(3)26-39-17-18-48(77)41(28-39)34-76/h24,26,30-31,33,37-42,47-49,52-53,55-56,76-78,85H,10-23,25,27-29,32,34H2,1-9H3,(H2,69,70,71,72)/b35-24+,36-26+/t37-,38-,39+,40-,41+,42+,47+,48-,49+,52+,53+,55-,56+,63-/m1/s1. The molecule has 1 aliphatic carbocycles. The van der Waals surface area contributed by atoms with E-state index < -0.39 is 132 Å². The summed E-state index contributed by atoms with van der Waals surface area (Å²) in [4.78, 5) is 98.0. The van der Waals surface area contributed by atoms with E-state index in [9.17, 15) is 62.4 Å². The Morgan fingerprint density at radius 3 is 2.24 bits per heavy atom. The van der Waals surface area contributed by atoms with Gasteiger partial charge in [-0.3, -0.25) is 24.0 Å². The summed E-state index contributed by atoms with van der Waals surface area (Å²) < 4.78 is 92.5. The Hall–Kier alpha value is -6.20. The number of hydrogen-bond acceptors (Lipinski definition) is 20. The fourth-order valence-corrected chi connectivity index (χ4v) is 13.2. The first-order valence-corrected chi connectivity index (χ1v) is 31.5. The van der Waals surface area contributed by atoms with Crippen LogP contribution in [-0.2, 0) is 53.8 Å². The van der Waals surface area contributed by atoms with Crippen LogP contribution < -0.4 is 15.4 Å². The second-order valence-corrected chi connectivity index (χ2v) is 24.9. The highest BCUT2D eigenvalue weighted by atomic mass is 19.4. The molecule has 1 saturated carbocycles. The quantitative estimate of drug-likeness (QED) is 0.0463. The average Bonchev–Trinajstić information content (AvgIpc) is 0.893. The van der Waals surface area contributed by atoms with E-state index >= 15 is 4.39 Å². The molecule has 0 radical (unpaired) electrons. The number of cyclic esters (lactones) is 1. The predicted molar refractivity (Wildman–Crippen MR) is 323 cm³/mol. The highest BCUT2D eigenvalue weighted by Crippen LogP contribution is 2.41. The zero-order valence-corrected chi connectivity index (χ0v) is 53.5. The maximum Gasteiger partial charge on any atom is 0.421 e. The number of anilines is 3. The number of aromatic nitrogens is 2. The number of amides is 3. The maximum atomic E-state index is 15.8. The van der Waals surface area contributed by atoms with Gasteiger partial charge in [0.1, 0.15) is 47.0 Å². The van der Waals surface area contributed by atoms with Gasteiger partial charge >= 0.3 is 12.1 Å². The number of hydrogen-bond donors (Lipinski definition) is 6. The van der Waals surface area contributed by atoms with Crippen LogP contribution in [-0.4, -0.2) is 209 Å². The van der Waals surface area contributed by atoms with E-state index in [1.807, 2.05) is 13.0 Å². The summed E-state index contributed by atoms with van der Waals surface area (Å²) in [6.45, 7) is 8.46. The molecular weight excluding hydrogens is 1200 g/mol. The Bertz CT molecular complexity index is 2950. The summed E-state index contributed by atoms with van der Waals surface area (Å²) >= 11 is 0. The number of piperidine rings is 1. The minimum absolute atomic E-state index is 0.00766. The number of benzene rings is 1. The van der Waals surface area contributed by atoms with Crippen LogP contribution in [0, 0.1) is 35.4 Å². The summed E-state index contributed by atoms with van der Waals surface area (Å²) in [5.74, 6) is -12.4. The average molecular weight is 1290 g/mol. The van der Waals surface area contributed by atoms with Crippen molar-refractivity contribution in [3.05, 3.63) is 58.6 Å². The number of Topliss-reactive ketones (excluding diaryl/α,β-unsaturated/α-hetero) is 2. The number of carbonyl (C=O) groups is 6. The number of halogens is 4. The maximum absolute atomic E-state index is 15.8. The first-order chi connectivity index (χ1) is 43.2. The molecule has 7 rings (SSSR count). The van der Waals surface area contributed by atoms with E-state index in [1.54, 1.807) is 38.7 Å².